The lowest BCUT2D eigenvalue weighted by Gasteiger charge is -2.22. The molecular weight excluding hydrogens is 527 g/mol. The van der Waals surface area contributed by atoms with E-state index in [1.54, 1.807) is 31.2 Å². The van der Waals surface area contributed by atoms with E-state index in [1.165, 1.54) is 17.0 Å². The van der Waals surface area contributed by atoms with Crippen LogP contribution in [0.4, 0.5) is 18.0 Å². The van der Waals surface area contributed by atoms with Crippen LogP contribution in [-0.2, 0) is 28.5 Å². The maximum atomic E-state index is 13.1. The minimum atomic E-state index is -4.56. The highest BCUT2D eigenvalue weighted by atomic mass is 19.4. The quantitative estimate of drug-likeness (QED) is 0.251. The van der Waals surface area contributed by atoms with E-state index in [2.05, 4.69) is 0 Å². The van der Waals surface area contributed by atoms with Crippen LogP contribution in [0.15, 0.2) is 78.9 Å². The molecule has 0 spiro atoms. The molecule has 1 amide bonds. The molecule has 40 heavy (non-hydrogen) atoms. The Bertz CT molecular complexity index is 1220. The van der Waals surface area contributed by atoms with Crippen LogP contribution in [0.3, 0.4) is 0 Å². The van der Waals surface area contributed by atoms with Crippen LogP contribution >= 0.6 is 0 Å². The molecule has 0 aliphatic rings. The second-order valence-electron chi connectivity index (χ2n) is 8.95. The van der Waals surface area contributed by atoms with E-state index < -0.39 is 29.9 Å². The van der Waals surface area contributed by atoms with Crippen molar-refractivity contribution in [3.63, 3.8) is 0 Å². The van der Waals surface area contributed by atoms with Crippen molar-refractivity contribution in [2.75, 3.05) is 26.3 Å². The van der Waals surface area contributed by atoms with E-state index in [1.807, 2.05) is 30.3 Å². The Hall–Kier alpha value is -4.05. The van der Waals surface area contributed by atoms with Crippen LogP contribution in [-0.4, -0.2) is 54.5 Å². The van der Waals surface area contributed by atoms with Gasteiger partial charge in [0.25, 0.3) is 0 Å². The van der Waals surface area contributed by atoms with Crippen LogP contribution in [0.25, 0.3) is 0 Å². The highest BCUT2D eigenvalue weighted by molar-refractivity contribution is 5.72. The zero-order valence-electron chi connectivity index (χ0n) is 22.1. The van der Waals surface area contributed by atoms with Crippen molar-refractivity contribution in [1.29, 1.82) is 0 Å². The maximum absolute atomic E-state index is 13.1. The SMILES string of the molecule is CCOC(Cc1ccc(OCCN(CCCc2ccccc2)C(=O)Oc2cccc(C(F)(F)F)c2)cc1)C(=O)O. The minimum Gasteiger partial charge on any atom is -0.492 e. The van der Waals surface area contributed by atoms with Gasteiger partial charge in [-0.05, 0) is 61.2 Å². The molecule has 0 saturated heterocycles. The molecule has 0 bridgehead atoms. The molecule has 3 aromatic carbocycles. The van der Waals surface area contributed by atoms with Crippen molar-refractivity contribution in [2.24, 2.45) is 0 Å². The number of rotatable bonds is 14. The van der Waals surface area contributed by atoms with Crippen LogP contribution in [0, 0.1) is 0 Å². The summed E-state index contributed by atoms with van der Waals surface area (Å²) in [5.41, 5.74) is 0.955. The number of amides is 1. The number of carbonyl (C=O) groups is 2. The van der Waals surface area contributed by atoms with E-state index in [4.69, 9.17) is 14.2 Å². The van der Waals surface area contributed by atoms with Crippen molar-refractivity contribution in [3.8, 4) is 11.5 Å². The highest BCUT2D eigenvalue weighted by Gasteiger charge is 2.31. The van der Waals surface area contributed by atoms with Gasteiger partial charge in [-0.15, -0.1) is 0 Å². The van der Waals surface area contributed by atoms with Gasteiger partial charge in [0.1, 0.15) is 18.1 Å². The number of ether oxygens (including phenoxy) is 3. The predicted molar refractivity (Wildman–Crippen MR) is 142 cm³/mol. The number of aliphatic carboxylic acids is 1. The fraction of sp³-hybridized carbons (Fsp3) is 0.333. The molecule has 1 N–H and O–H groups in total. The lowest BCUT2D eigenvalue weighted by molar-refractivity contribution is -0.150. The first-order chi connectivity index (χ1) is 19.2. The molecule has 3 aromatic rings. The Morgan fingerprint density at radius 1 is 0.900 bits per heavy atom. The minimum absolute atomic E-state index is 0.110. The lowest BCUT2D eigenvalue weighted by atomic mass is 10.1. The molecule has 0 heterocycles. The molecule has 1 unspecified atom stereocenters. The molecule has 3 rings (SSSR count). The predicted octanol–water partition coefficient (Wildman–Crippen LogP) is 6.25. The molecule has 1 atom stereocenters. The van der Waals surface area contributed by atoms with Crippen molar-refractivity contribution >= 4 is 12.1 Å². The zero-order chi connectivity index (χ0) is 29.0. The average Bonchev–Trinajstić information content (AvgIpc) is 2.93. The van der Waals surface area contributed by atoms with Gasteiger partial charge in [-0.3, -0.25) is 0 Å². The number of alkyl halides is 3. The summed E-state index contributed by atoms with van der Waals surface area (Å²) in [4.78, 5) is 25.6. The lowest BCUT2D eigenvalue weighted by Crippen LogP contribution is -2.37. The second kappa shape index (κ2) is 14.9. The molecule has 0 saturated carbocycles. The number of aryl methyl sites for hydroxylation is 1. The first kappa shape index (κ1) is 30.5. The van der Waals surface area contributed by atoms with Gasteiger partial charge in [0.05, 0.1) is 12.1 Å². The standard InChI is InChI=1S/C30H32F3NO6/c1-2-38-27(28(35)36)20-23-13-15-25(16-14-23)39-19-18-34(17-7-10-22-8-4-3-5-9-22)29(37)40-26-12-6-11-24(21-26)30(31,32)33/h3-6,8-9,11-16,21,27H,2,7,10,17-20H2,1H3,(H,35,36). The van der Waals surface area contributed by atoms with Crippen molar-refractivity contribution < 1.29 is 42.1 Å². The van der Waals surface area contributed by atoms with Gasteiger partial charge in [-0.25, -0.2) is 9.59 Å². The van der Waals surface area contributed by atoms with Gasteiger partial charge < -0.3 is 24.2 Å². The number of halogens is 3. The Morgan fingerprint density at radius 2 is 1.62 bits per heavy atom. The summed E-state index contributed by atoms with van der Waals surface area (Å²) >= 11 is 0. The van der Waals surface area contributed by atoms with Crippen molar-refractivity contribution in [3.05, 3.63) is 95.6 Å². The first-order valence-corrected chi connectivity index (χ1v) is 12.9. The topological polar surface area (TPSA) is 85.3 Å². The number of hydrogen-bond donors (Lipinski definition) is 1. The van der Waals surface area contributed by atoms with E-state index in [9.17, 15) is 27.9 Å². The average molecular weight is 560 g/mol. The highest BCUT2D eigenvalue weighted by Crippen LogP contribution is 2.31. The Labute approximate surface area is 231 Å². The summed E-state index contributed by atoms with van der Waals surface area (Å²) in [7, 11) is 0. The molecule has 10 heteroatoms. The van der Waals surface area contributed by atoms with Crippen molar-refractivity contribution in [1.82, 2.24) is 4.90 Å². The van der Waals surface area contributed by atoms with Gasteiger partial charge in [0.15, 0.2) is 6.10 Å². The first-order valence-electron chi connectivity index (χ1n) is 12.9. The van der Waals surface area contributed by atoms with Gasteiger partial charge >= 0.3 is 18.2 Å². The molecule has 0 aliphatic heterocycles. The Kier molecular flexibility index (Phi) is 11.4. The molecule has 214 valence electrons. The summed E-state index contributed by atoms with van der Waals surface area (Å²) in [5.74, 6) is -0.717. The summed E-state index contributed by atoms with van der Waals surface area (Å²) < 4.78 is 55.5. The monoisotopic (exact) mass is 559 g/mol. The summed E-state index contributed by atoms with van der Waals surface area (Å²) in [6.07, 6.45) is -4.75. The Balaban J connectivity index is 1.60. The molecule has 0 fully saturated rings. The van der Waals surface area contributed by atoms with Gasteiger partial charge in [-0.2, -0.15) is 13.2 Å². The molecule has 0 aliphatic carbocycles. The second-order valence-corrected chi connectivity index (χ2v) is 8.95. The van der Waals surface area contributed by atoms with Gasteiger partial charge in [0.2, 0.25) is 0 Å². The molecule has 0 radical (unpaired) electrons. The summed E-state index contributed by atoms with van der Waals surface area (Å²) in [6.45, 7) is 2.57. The van der Waals surface area contributed by atoms with Crippen LogP contribution in [0.1, 0.15) is 30.0 Å². The molecule has 0 aromatic heterocycles. The summed E-state index contributed by atoms with van der Waals surface area (Å²) in [5, 5.41) is 9.26. The fourth-order valence-electron chi connectivity index (χ4n) is 3.94. The number of nitrogens with zero attached hydrogens (tertiary/aromatic N) is 1. The van der Waals surface area contributed by atoms with E-state index in [0.29, 0.717) is 25.1 Å². The molecule has 7 nitrogen and oxygen atoms in total. The Morgan fingerprint density at radius 3 is 2.27 bits per heavy atom. The maximum Gasteiger partial charge on any atom is 0.416 e. The molecular formula is C30H32F3NO6. The number of carboxylic acids is 1. The normalized spacial score (nSPS) is 12.0. The fourth-order valence-corrected chi connectivity index (χ4v) is 3.94. The van der Waals surface area contributed by atoms with Crippen LogP contribution in [0.2, 0.25) is 0 Å². The van der Waals surface area contributed by atoms with Crippen LogP contribution < -0.4 is 9.47 Å². The third-order valence-corrected chi connectivity index (χ3v) is 5.98. The smallest absolute Gasteiger partial charge is 0.416 e. The zero-order valence-corrected chi connectivity index (χ0v) is 22.1. The van der Waals surface area contributed by atoms with Gasteiger partial charge in [-0.1, -0.05) is 48.5 Å². The van der Waals surface area contributed by atoms with E-state index in [-0.39, 0.29) is 31.9 Å². The van der Waals surface area contributed by atoms with Gasteiger partial charge in [0, 0.05) is 19.6 Å². The van der Waals surface area contributed by atoms with E-state index >= 15 is 0 Å². The third-order valence-electron chi connectivity index (χ3n) is 5.98. The van der Waals surface area contributed by atoms with Crippen LogP contribution in [0.5, 0.6) is 11.5 Å². The number of carboxylic acid groups (broad SMARTS) is 1. The van der Waals surface area contributed by atoms with E-state index in [0.717, 1.165) is 23.3 Å². The number of hydrogen-bond acceptors (Lipinski definition) is 5. The largest absolute Gasteiger partial charge is 0.492 e. The summed E-state index contributed by atoms with van der Waals surface area (Å²) in [6, 6.07) is 20.8. The third kappa shape index (κ3) is 9.92. The van der Waals surface area contributed by atoms with Crippen molar-refractivity contribution in [2.45, 2.75) is 38.5 Å². The number of benzene rings is 3. The number of carbonyl (C=O) groups excluding carboxylic acids is 1.